The molecule has 0 radical (unpaired) electrons. The third-order valence-corrected chi connectivity index (χ3v) is 3.75. The standard InChI is InChI=1S/C15H18BrN3O/c1-3-6-13-18-14(17)10(2)15(19-13)20-9-11-7-4-5-8-12(11)16/h4-5,7-8H,3,6,9H2,1-2H3,(H2,17,18,19). The Kier molecular flexibility index (Phi) is 4.95. The highest BCUT2D eigenvalue weighted by Crippen LogP contribution is 2.23. The maximum absolute atomic E-state index is 5.91. The number of nitrogens with zero attached hydrogens (tertiary/aromatic N) is 2. The van der Waals surface area contributed by atoms with Crippen molar-refractivity contribution in [2.75, 3.05) is 5.73 Å². The van der Waals surface area contributed by atoms with E-state index in [0.717, 1.165) is 34.3 Å². The summed E-state index contributed by atoms with van der Waals surface area (Å²) in [4.78, 5) is 8.71. The van der Waals surface area contributed by atoms with Gasteiger partial charge in [-0.15, -0.1) is 0 Å². The van der Waals surface area contributed by atoms with Gasteiger partial charge in [-0.3, -0.25) is 0 Å². The van der Waals surface area contributed by atoms with Crippen LogP contribution in [0.5, 0.6) is 5.88 Å². The van der Waals surface area contributed by atoms with Crippen LogP contribution in [0.4, 0.5) is 5.82 Å². The van der Waals surface area contributed by atoms with Gasteiger partial charge in [-0.25, -0.2) is 4.98 Å². The molecular formula is C15H18BrN3O. The van der Waals surface area contributed by atoms with Gasteiger partial charge in [0.2, 0.25) is 5.88 Å². The number of hydrogen-bond acceptors (Lipinski definition) is 4. The quantitative estimate of drug-likeness (QED) is 0.905. The van der Waals surface area contributed by atoms with Crippen LogP contribution in [0.2, 0.25) is 0 Å². The summed E-state index contributed by atoms with van der Waals surface area (Å²) in [5.41, 5.74) is 7.77. The lowest BCUT2D eigenvalue weighted by molar-refractivity contribution is 0.289. The number of aryl methyl sites for hydroxylation is 1. The zero-order chi connectivity index (χ0) is 14.5. The summed E-state index contributed by atoms with van der Waals surface area (Å²) in [6, 6.07) is 7.95. The number of nitrogen functional groups attached to an aromatic ring is 1. The van der Waals surface area contributed by atoms with Crippen LogP contribution in [0.15, 0.2) is 28.7 Å². The molecule has 2 rings (SSSR count). The van der Waals surface area contributed by atoms with Gasteiger partial charge in [0.25, 0.3) is 0 Å². The Morgan fingerprint density at radius 2 is 2.00 bits per heavy atom. The first-order chi connectivity index (χ1) is 9.61. The van der Waals surface area contributed by atoms with Gasteiger partial charge < -0.3 is 10.5 Å². The molecule has 0 aliphatic carbocycles. The summed E-state index contributed by atoms with van der Waals surface area (Å²) in [6.07, 6.45) is 1.78. The summed E-state index contributed by atoms with van der Waals surface area (Å²) in [7, 11) is 0. The van der Waals surface area contributed by atoms with Crippen LogP contribution in [0.3, 0.4) is 0 Å². The molecule has 0 saturated carbocycles. The number of hydrogen-bond donors (Lipinski definition) is 1. The average molecular weight is 336 g/mol. The fraction of sp³-hybridized carbons (Fsp3) is 0.333. The zero-order valence-electron chi connectivity index (χ0n) is 11.7. The lowest BCUT2D eigenvalue weighted by Gasteiger charge is -2.12. The van der Waals surface area contributed by atoms with Crippen molar-refractivity contribution in [3.8, 4) is 5.88 Å². The first-order valence-electron chi connectivity index (χ1n) is 6.61. The molecule has 106 valence electrons. The predicted molar refractivity (Wildman–Crippen MR) is 83.7 cm³/mol. The Morgan fingerprint density at radius 3 is 2.70 bits per heavy atom. The van der Waals surface area contributed by atoms with Crippen molar-refractivity contribution in [3.63, 3.8) is 0 Å². The van der Waals surface area contributed by atoms with Gasteiger partial charge in [-0.2, -0.15) is 4.98 Å². The minimum atomic E-state index is 0.449. The van der Waals surface area contributed by atoms with Crippen molar-refractivity contribution in [1.82, 2.24) is 9.97 Å². The number of anilines is 1. The molecule has 0 bridgehead atoms. The SMILES string of the molecule is CCCc1nc(N)c(C)c(OCc2ccccc2Br)n1. The van der Waals surface area contributed by atoms with E-state index in [0.29, 0.717) is 18.3 Å². The van der Waals surface area contributed by atoms with Crippen LogP contribution in [0.1, 0.15) is 30.3 Å². The fourth-order valence-corrected chi connectivity index (χ4v) is 2.20. The molecule has 1 aromatic carbocycles. The Morgan fingerprint density at radius 1 is 1.25 bits per heavy atom. The van der Waals surface area contributed by atoms with Crippen LogP contribution in [-0.4, -0.2) is 9.97 Å². The molecular weight excluding hydrogens is 318 g/mol. The Balaban J connectivity index is 2.18. The summed E-state index contributed by atoms with van der Waals surface area (Å²) in [6.45, 7) is 4.41. The lowest BCUT2D eigenvalue weighted by atomic mass is 10.2. The van der Waals surface area contributed by atoms with Crippen molar-refractivity contribution in [2.24, 2.45) is 0 Å². The monoisotopic (exact) mass is 335 g/mol. The molecule has 20 heavy (non-hydrogen) atoms. The van der Waals surface area contributed by atoms with E-state index in [1.54, 1.807) is 0 Å². The number of halogens is 1. The fourth-order valence-electron chi connectivity index (χ4n) is 1.80. The van der Waals surface area contributed by atoms with Crippen LogP contribution >= 0.6 is 15.9 Å². The van der Waals surface area contributed by atoms with E-state index in [9.17, 15) is 0 Å². The van der Waals surface area contributed by atoms with Crippen molar-refractivity contribution < 1.29 is 4.74 Å². The van der Waals surface area contributed by atoms with Crippen LogP contribution < -0.4 is 10.5 Å². The molecule has 0 amide bonds. The topological polar surface area (TPSA) is 61.0 Å². The second-order valence-corrected chi connectivity index (χ2v) is 5.44. The van der Waals surface area contributed by atoms with E-state index in [-0.39, 0.29) is 0 Å². The molecule has 0 aliphatic heterocycles. The lowest BCUT2D eigenvalue weighted by Crippen LogP contribution is -2.07. The average Bonchev–Trinajstić information content (AvgIpc) is 2.43. The van der Waals surface area contributed by atoms with E-state index in [4.69, 9.17) is 10.5 Å². The van der Waals surface area contributed by atoms with Crippen molar-refractivity contribution in [2.45, 2.75) is 33.3 Å². The van der Waals surface area contributed by atoms with E-state index >= 15 is 0 Å². The summed E-state index contributed by atoms with van der Waals surface area (Å²) in [5.74, 6) is 1.79. The first-order valence-corrected chi connectivity index (χ1v) is 7.40. The Labute approximate surface area is 127 Å². The maximum atomic E-state index is 5.91. The largest absolute Gasteiger partial charge is 0.472 e. The van der Waals surface area contributed by atoms with Gasteiger partial charge >= 0.3 is 0 Å². The highest BCUT2D eigenvalue weighted by Gasteiger charge is 2.10. The third kappa shape index (κ3) is 3.48. The van der Waals surface area contributed by atoms with Crippen molar-refractivity contribution in [1.29, 1.82) is 0 Å². The molecule has 5 heteroatoms. The number of aromatic nitrogens is 2. The number of benzene rings is 1. The zero-order valence-corrected chi connectivity index (χ0v) is 13.3. The van der Waals surface area contributed by atoms with Crippen LogP contribution in [0.25, 0.3) is 0 Å². The van der Waals surface area contributed by atoms with Gasteiger partial charge in [-0.1, -0.05) is 41.1 Å². The summed E-state index contributed by atoms with van der Waals surface area (Å²) >= 11 is 3.50. The Hall–Kier alpha value is -1.62. The molecule has 0 spiro atoms. The molecule has 0 fully saturated rings. The van der Waals surface area contributed by atoms with Gasteiger partial charge in [0.1, 0.15) is 18.2 Å². The van der Waals surface area contributed by atoms with Crippen LogP contribution in [-0.2, 0) is 13.0 Å². The Bertz CT molecular complexity index is 602. The molecule has 0 unspecified atom stereocenters. The molecule has 1 aromatic heterocycles. The van der Waals surface area contributed by atoms with E-state index < -0.39 is 0 Å². The van der Waals surface area contributed by atoms with Crippen LogP contribution in [0, 0.1) is 6.92 Å². The minimum absolute atomic E-state index is 0.449. The van der Waals surface area contributed by atoms with Crippen molar-refractivity contribution in [3.05, 3.63) is 45.7 Å². The molecule has 1 heterocycles. The van der Waals surface area contributed by atoms with E-state index in [1.807, 2.05) is 31.2 Å². The van der Waals surface area contributed by atoms with E-state index in [1.165, 1.54) is 0 Å². The second-order valence-electron chi connectivity index (χ2n) is 4.59. The number of nitrogens with two attached hydrogens (primary N) is 1. The van der Waals surface area contributed by atoms with Crippen molar-refractivity contribution >= 4 is 21.7 Å². The summed E-state index contributed by atoms with van der Waals surface area (Å²) < 4.78 is 6.83. The molecule has 0 atom stereocenters. The van der Waals surface area contributed by atoms with Gasteiger partial charge in [-0.05, 0) is 19.4 Å². The smallest absolute Gasteiger partial charge is 0.222 e. The molecule has 0 saturated heterocycles. The maximum Gasteiger partial charge on any atom is 0.222 e. The first kappa shape index (κ1) is 14.8. The number of rotatable bonds is 5. The number of ether oxygens (including phenoxy) is 1. The summed E-state index contributed by atoms with van der Waals surface area (Å²) in [5, 5.41) is 0. The van der Waals surface area contributed by atoms with E-state index in [2.05, 4.69) is 32.8 Å². The normalized spacial score (nSPS) is 10.6. The second kappa shape index (κ2) is 6.70. The van der Waals surface area contributed by atoms with Gasteiger partial charge in [0.15, 0.2) is 0 Å². The van der Waals surface area contributed by atoms with Gasteiger partial charge in [0, 0.05) is 16.5 Å². The third-order valence-electron chi connectivity index (χ3n) is 2.98. The van der Waals surface area contributed by atoms with Gasteiger partial charge in [0.05, 0.1) is 5.56 Å². The minimum Gasteiger partial charge on any atom is -0.472 e. The molecule has 0 aliphatic rings. The highest BCUT2D eigenvalue weighted by atomic mass is 79.9. The highest BCUT2D eigenvalue weighted by molar-refractivity contribution is 9.10. The molecule has 2 N–H and O–H groups in total. The molecule has 4 nitrogen and oxygen atoms in total. The molecule has 2 aromatic rings. The predicted octanol–water partition coefficient (Wildman–Crippen LogP) is 3.66.